The lowest BCUT2D eigenvalue weighted by atomic mass is 10.1. The van der Waals surface area contributed by atoms with Crippen LogP contribution < -0.4 is 15.2 Å². The van der Waals surface area contributed by atoms with Crippen LogP contribution in [0.2, 0.25) is 0 Å². The predicted molar refractivity (Wildman–Crippen MR) is 89.1 cm³/mol. The number of nitrogens with zero attached hydrogens (tertiary/aromatic N) is 1. The topological polar surface area (TPSA) is 111 Å². The second-order valence-electron chi connectivity index (χ2n) is 5.07. The summed E-state index contributed by atoms with van der Waals surface area (Å²) in [6.45, 7) is 3.95. The van der Waals surface area contributed by atoms with E-state index >= 15 is 0 Å². The number of nitrogens with two attached hydrogens (primary N) is 1. The summed E-state index contributed by atoms with van der Waals surface area (Å²) in [5.41, 5.74) is 6.68. The van der Waals surface area contributed by atoms with Crippen LogP contribution in [0.1, 0.15) is 28.4 Å². The molecule has 0 saturated heterocycles. The number of benzene rings is 1. The number of nitrogens with one attached hydrogen (secondary N) is 1. The van der Waals surface area contributed by atoms with Crippen molar-refractivity contribution in [2.75, 3.05) is 6.61 Å². The average Bonchev–Trinajstić information content (AvgIpc) is 2.54. The molecule has 1 aromatic heterocycles. The highest BCUT2D eigenvalue weighted by molar-refractivity contribution is 7.89. The maximum atomic E-state index is 12.4. The van der Waals surface area contributed by atoms with Gasteiger partial charge in [-0.1, -0.05) is 12.1 Å². The van der Waals surface area contributed by atoms with Crippen molar-refractivity contribution in [2.45, 2.75) is 25.3 Å². The molecule has 0 saturated carbocycles. The highest BCUT2D eigenvalue weighted by Crippen LogP contribution is 2.18. The lowest BCUT2D eigenvalue weighted by Gasteiger charge is -2.11. The molecule has 0 aliphatic heterocycles. The van der Waals surface area contributed by atoms with Crippen molar-refractivity contribution >= 4 is 15.9 Å². The number of ether oxygens (including phenoxy) is 1. The molecule has 0 unspecified atom stereocenters. The predicted octanol–water partition coefficient (Wildman–Crippen LogP) is 1.37. The molecule has 0 radical (unpaired) electrons. The van der Waals surface area contributed by atoms with Gasteiger partial charge in [0.1, 0.15) is 0 Å². The largest absolute Gasteiger partial charge is 0.478 e. The molecule has 1 heterocycles. The zero-order valence-electron chi connectivity index (χ0n) is 13.4. The molecule has 128 valence electrons. The van der Waals surface area contributed by atoms with E-state index in [1.807, 2.05) is 6.92 Å². The standard InChI is InChI=1S/C16H19N3O4S/c1-3-23-16-12(5-4-8-18-16)10-19-24(21,22)13-7-6-11(2)14(9-13)15(17)20/h4-9,19H,3,10H2,1-2H3,(H2,17,20). The minimum atomic E-state index is -3.80. The van der Waals surface area contributed by atoms with Crippen molar-refractivity contribution < 1.29 is 17.9 Å². The van der Waals surface area contributed by atoms with Gasteiger partial charge < -0.3 is 10.5 Å². The molecule has 0 aliphatic rings. The Bertz CT molecular complexity index is 850. The molecule has 0 fully saturated rings. The number of primary amides is 1. The Morgan fingerprint density at radius 1 is 1.33 bits per heavy atom. The molecule has 0 atom stereocenters. The van der Waals surface area contributed by atoms with Crippen LogP contribution in [0.4, 0.5) is 0 Å². The fourth-order valence-electron chi connectivity index (χ4n) is 2.12. The molecule has 8 heteroatoms. The molecule has 0 aliphatic carbocycles. The Balaban J connectivity index is 2.24. The normalized spacial score (nSPS) is 11.2. The SMILES string of the molecule is CCOc1ncccc1CNS(=O)(=O)c1ccc(C)c(C(N)=O)c1. The minimum absolute atomic E-state index is 0.0191. The first-order chi connectivity index (χ1) is 11.3. The number of pyridine rings is 1. The van der Waals surface area contributed by atoms with Crippen molar-refractivity contribution in [1.82, 2.24) is 9.71 Å². The van der Waals surface area contributed by atoms with Crippen LogP contribution >= 0.6 is 0 Å². The monoisotopic (exact) mass is 349 g/mol. The number of hydrogen-bond donors (Lipinski definition) is 2. The summed E-state index contributed by atoms with van der Waals surface area (Å²) in [4.78, 5) is 15.4. The van der Waals surface area contributed by atoms with Gasteiger partial charge in [0.2, 0.25) is 21.8 Å². The zero-order chi connectivity index (χ0) is 17.7. The van der Waals surface area contributed by atoms with Crippen molar-refractivity contribution in [3.8, 4) is 5.88 Å². The summed E-state index contributed by atoms with van der Waals surface area (Å²) >= 11 is 0. The molecule has 0 bridgehead atoms. The number of amides is 1. The third-order valence-corrected chi connectivity index (χ3v) is 4.77. The first-order valence-corrected chi connectivity index (χ1v) is 8.80. The summed E-state index contributed by atoms with van der Waals surface area (Å²) in [5.74, 6) is -0.292. The van der Waals surface area contributed by atoms with Crippen LogP contribution in [0.15, 0.2) is 41.4 Å². The number of aromatic nitrogens is 1. The van der Waals surface area contributed by atoms with Crippen molar-refractivity contribution in [2.24, 2.45) is 5.73 Å². The van der Waals surface area contributed by atoms with Gasteiger partial charge in [-0.25, -0.2) is 18.1 Å². The van der Waals surface area contributed by atoms with Crippen LogP contribution in [0, 0.1) is 6.92 Å². The van der Waals surface area contributed by atoms with Crippen LogP contribution in [0.25, 0.3) is 0 Å². The first kappa shape index (κ1) is 17.9. The number of hydrogen-bond acceptors (Lipinski definition) is 5. The molecule has 7 nitrogen and oxygen atoms in total. The Morgan fingerprint density at radius 2 is 2.08 bits per heavy atom. The maximum Gasteiger partial charge on any atom is 0.249 e. The van der Waals surface area contributed by atoms with Gasteiger partial charge in [-0.15, -0.1) is 0 Å². The van der Waals surface area contributed by atoms with Gasteiger partial charge in [0.15, 0.2) is 0 Å². The quantitative estimate of drug-likeness (QED) is 0.784. The molecule has 1 amide bonds. The lowest BCUT2D eigenvalue weighted by Crippen LogP contribution is -2.24. The van der Waals surface area contributed by atoms with E-state index < -0.39 is 15.9 Å². The minimum Gasteiger partial charge on any atom is -0.478 e. The van der Waals surface area contributed by atoms with Crippen molar-refractivity contribution in [3.05, 3.63) is 53.2 Å². The van der Waals surface area contributed by atoms with E-state index in [9.17, 15) is 13.2 Å². The van der Waals surface area contributed by atoms with Crippen molar-refractivity contribution in [1.29, 1.82) is 0 Å². The molecule has 2 rings (SSSR count). The Kier molecular flexibility index (Phi) is 5.53. The van der Waals surface area contributed by atoms with Gasteiger partial charge in [-0.2, -0.15) is 0 Å². The summed E-state index contributed by atoms with van der Waals surface area (Å²) in [6.07, 6.45) is 1.57. The Morgan fingerprint density at radius 3 is 2.75 bits per heavy atom. The maximum absolute atomic E-state index is 12.4. The number of carbonyl (C=O) groups is 1. The number of carbonyl (C=O) groups excluding carboxylic acids is 1. The average molecular weight is 349 g/mol. The van der Waals surface area contributed by atoms with Gasteiger partial charge in [0.25, 0.3) is 0 Å². The molecule has 1 aromatic carbocycles. The molecule has 24 heavy (non-hydrogen) atoms. The van der Waals surface area contributed by atoms with Gasteiger partial charge in [0, 0.05) is 23.9 Å². The van der Waals surface area contributed by atoms with Crippen LogP contribution in [-0.2, 0) is 16.6 Å². The smallest absolute Gasteiger partial charge is 0.249 e. The highest BCUT2D eigenvalue weighted by Gasteiger charge is 2.18. The second-order valence-corrected chi connectivity index (χ2v) is 6.83. The molecule has 2 aromatic rings. The fraction of sp³-hybridized carbons (Fsp3) is 0.250. The fourth-order valence-corrected chi connectivity index (χ4v) is 3.15. The van der Waals surface area contributed by atoms with E-state index in [1.165, 1.54) is 12.1 Å². The van der Waals surface area contributed by atoms with E-state index in [0.717, 1.165) is 0 Å². The summed E-state index contributed by atoms with van der Waals surface area (Å²) in [5, 5.41) is 0. The van der Waals surface area contributed by atoms with Gasteiger partial charge in [-0.05, 0) is 37.6 Å². The van der Waals surface area contributed by atoms with E-state index in [4.69, 9.17) is 10.5 Å². The van der Waals surface area contributed by atoms with Gasteiger partial charge in [-0.3, -0.25) is 4.79 Å². The second kappa shape index (κ2) is 7.41. The first-order valence-electron chi connectivity index (χ1n) is 7.32. The number of aryl methyl sites for hydroxylation is 1. The highest BCUT2D eigenvalue weighted by atomic mass is 32.2. The molecule has 0 spiro atoms. The van der Waals surface area contributed by atoms with E-state index in [-0.39, 0.29) is 17.0 Å². The lowest BCUT2D eigenvalue weighted by molar-refractivity contribution is 0.0999. The molecular formula is C16H19N3O4S. The molecule has 3 N–H and O–H groups in total. The van der Waals surface area contributed by atoms with Crippen molar-refractivity contribution in [3.63, 3.8) is 0 Å². The third kappa shape index (κ3) is 4.09. The van der Waals surface area contributed by atoms with E-state index in [0.29, 0.717) is 23.6 Å². The zero-order valence-corrected chi connectivity index (χ0v) is 14.3. The summed E-state index contributed by atoms with van der Waals surface area (Å²) in [7, 11) is -3.80. The van der Waals surface area contributed by atoms with Gasteiger partial charge in [0.05, 0.1) is 11.5 Å². The Hall–Kier alpha value is -2.45. The van der Waals surface area contributed by atoms with E-state index in [2.05, 4.69) is 9.71 Å². The summed E-state index contributed by atoms with van der Waals surface area (Å²) < 4.78 is 32.7. The van der Waals surface area contributed by atoms with Crippen LogP contribution in [0.3, 0.4) is 0 Å². The van der Waals surface area contributed by atoms with Crippen LogP contribution in [-0.4, -0.2) is 25.9 Å². The number of rotatable bonds is 7. The number of sulfonamides is 1. The third-order valence-electron chi connectivity index (χ3n) is 3.37. The van der Waals surface area contributed by atoms with Crippen LogP contribution in [0.5, 0.6) is 5.88 Å². The van der Waals surface area contributed by atoms with Gasteiger partial charge >= 0.3 is 0 Å². The summed E-state index contributed by atoms with van der Waals surface area (Å²) in [6, 6.07) is 7.67. The molecular weight excluding hydrogens is 330 g/mol. The Labute approximate surface area is 140 Å². The van der Waals surface area contributed by atoms with E-state index in [1.54, 1.807) is 31.3 Å².